The van der Waals surface area contributed by atoms with E-state index in [1.165, 1.54) is 23.3 Å². The third-order valence-corrected chi connectivity index (χ3v) is 10.6. The Labute approximate surface area is 216 Å². The van der Waals surface area contributed by atoms with Crippen LogP contribution in [0.15, 0.2) is 76.8 Å². The molecular weight excluding hydrogens is 489 g/mol. The Balaban J connectivity index is 1.17. The highest BCUT2D eigenvalue weighted by atomic mass is 32.2. The number of rotatable bonds is 4. The first-order valence-electron chi connectivity index (χ1n) is 13.0. The van der Waals surface area contributed by atoms with Crippen LogP contribution in [0.4, 0.5) is 4.39 Å². The predicted octanol–water partition coefficient (Wildman–Crippen LogP) is 4.84. The minimum absolute atomic E-state index is 0.0837. The van der Waals surface area contributed by atoms with Crippen molar-refractivity contribution in [1.29, 1.82) is 0 Å². The Morgan fingerprint density at radius 3 is 2.41 bits per heavy atom. The maximum absolute atomic E-state index is 13.7. The molecule has 0 spiro atoms. The molecule has 0 unspecified atom stereocenters. The van der Waals surface area contributed by atoms with Gasteiger partial charge in [-0.15, -0.1) is 0 Å². The van der Waals surface area contributed by atoms with Gasteiger partial charge in [0.2, 0.25) is 5.91 Å². The number of carbonyl (C=O) groups is 1. The van der Waals surface area contributed by atoms with E-state index in [2.05, 4.69) is 12.0 Å². The number of halogens is 1. The molecular formula is C29H30FN3O3S. The van der Waals surface area contributed by atoms with E-state index in [0.29, 0.717) is 30.8 Å². The summed E-state index contributed by atoms with van der Waals surface area (Å²) in [7, 11) is -3.39. The summed E-state index contributed by atoms with van der Waals surface area (Å²) in [6, 6.07) is 15.0. The fourth-order valence-corrected chi connectivity index (χ4v) is 8.18. The summed E-state index contributed by atoms with van der Waals surface area (Å²) in [5.41, 5.74) is 5.59. The maximum Gasteiger partial charge on any atom is 0.229 e. The van der Waals surface area contributed by atoms with Crippen molar-refractivity contribution in [2.75, 3.05) is 13.1 Å². The fourth-order valence-electron chi connectivity index (χ4n) is 6.43. The van der Waals surface area contributed by atoms with Crippen LogP contribution in [0.5, 0.6) is 0 Å². The summed E-state index contributed by atoms with van der Waals surface area (Å²) in [5, 5.41) is 4.15. The number of aromatic nitrogens is 2. The summed E-state index contributed by atoms with van der Waals surface area (Å²) in [6.45, 7) is 3.09. The van der Waals surface area contributed by atoms with E-state index < -0.39 is 15.1 Å². The highest BCUT2D eigenvalue weighted by Crippen LogP contribution is 2.48. The summed E-state index contributed by atoms with van der Waals surface area (Å²) < 4.78 is 41.4. The van der Waals surface area contributed by atoms with Crippen LogP contribution in [0, 0.1) is 11.7 Å². The van der Waals surface area contributed by atoms with Crippen molar-refractivity contribution >= 4 is 15.7 Å². The second kappa shape index (κ2) is 9.24. The van der Waals surface area contributed by atoms with Crippen molar-refractivity contribution in [3.63, 3.8) is 0 Å². The Kier molecular flexibility index (Phi) is 6.02. The van der Waals surface area contributed by atoms with Gasteiger partial charge in [0.05, 0.1) is 33.6 Å². The molecule has 1 amide bonds. The molecule has 2 heterocycles. The Morgan fingerprint density at radius 2 is 1.70 bits per heavy atom. The number of allylic oxidation sites excluding steroid dienone is 1. The maximum atomic E-state index is 13.7. The van der Waals surface area contributed by atoms with Crippen molar-refractivity contribution in [3.05, 3.63) is 89.0 Å². The molecule has 2 aliphatic carbocycles. The molecule has 192 valence electrons. The van der Waals surface area contributed by atoms with Crippen LogP contribution in [0.2, 0.25) is 0 Å². The Bertz CT molecular complexity index is 1470. The highest BCUT2D eigenvalue weighted by Gasteiger charge is 2.42. The summed E-state index contributed by atoms with van der Waals surface area (Å²) in [6.07, 6.45) is 5.23. The van der Waals surface area contributed by atoms with Crippen molar-refractivity contribution < 1.29 is 17.6 Å². The lowest BCUT2D eigenvalue weighted by Crippen LogP contribution is -2.45. The van der Waals surface area contributed by atoms with Crippen LogP contribution in [-0.4, -0.2) is 47.3 Å². The van der Waals surface area contributed by atoms with Gasteiger partial charge >= 0.3 is 0 Å². The number of likely N-dealkylation sites (tertiary alicyclic amines) is 1. The molecule has 1 aliphatic heterocycles. The number of fused-ring (bicyclic) bond motifs is 1. The lowest BCUT2D eigenvalue weighted by atomic mass is 9.79. The molecule has 0 N–H and O–H groups in total. The number of amides is 1. The molecule has 0 saturated carbocycles. The molecule has 37 heavy (non-hydrogen) atoms. The second-order valence-electron chi connectivity index (χ2n) is 10.4. The van der Waals surface area contributed by atoms with Crippen LogP contribution in [0.25, 0.3) is 5.69 Å². The number of sulfone groups is 1. The third kappa shape index (κ3) is 4.11. The molecule has 3 aliphatic rings. The zero-order chi connectivity index (χ0) is 25.7. The predicted molar refractivity (Wildman–Crippen MR) is 139 cm³/mol. The van der Waals surface area contributed by atoms with Crippen LogP contribution in [-0.2, 0) is 21.1 Å². The number of hydrogen-bond acceptors (Lipinski definition) is 4. The van der Waals surface area contributed by atoms with Crippen LogP contribution < -0.4 is 0 Å². The van der Waals surface area contributed by atoms with Crippen molar-refractivity contribution in [1.82, 2.24) is 14.7 Å². The molecule has 2 atom stereocenters. The van der Waals surface area contributed by atoms with Crippen LogP contribution in [0.1, 0.15) is 49.8 Å². The van der Waals surface area contributed by atoms with Gasteiger partial charge in [-0.2, -0.15) is 5.10 Å². The van der Waals surface area contributed by atoms with E-state index in [1.807, 2.05) is 21.8 Å². The molecule has 1 saturated heterocycles. The normalized spacial score (nSPS) is 22.2. The average Bonchev–Trinajstić information content (AvgIpc) is 3.55. The van der Waals surface area contributed by atoms with Crippen LogP contribution in [0.3, 0.4) is 0 Å². The molecule has 8 heteroatoms. The number of hydrogen-bond donors (Lipinski definition) is 0. The molecule has 2 aromatic carbocycles. The minimum Gasteiger partial charge on any atom is -0.342 e. The van der Waals surface area contributed by atoms with Gasteiger partial charge in [-0.25, -0.2) is 17.5 Å². The molecule has 0 bridgehead atoms. The zero-order valence-electron chi connectivity index (χ0n) is 20.8. The minimum atomic E-state index is -3.39. The largest absolute Gasteiger partial charge is 0.342 e. The van der Waals surface area contributed by atoms with Gasteiger partial charge in [0.1, 0.15) is 5.82 Å². The van der Waals surface area contributed by atoms with E-state index in [9.17, 15) is 17.6 Å². The first-order chi connectivity index (χ1) is 17.8. The second-order valence-corrected chi connectivity index (χ2v) is 12.6. The van der Waals surface area contributed by atoms with E-state index >= 15 is 0 Å². The van der Waals surface area contributed by atoms with Gasteiger partial charge in [0.25, 0.3) is 0 Å². The first kappa shape index (κ1) is 24.1. The molecule has 3 aromatic rings. The lowest BCUT2D eigenvalue weighted by Gasteiger charge is -2.35. The SMILES string of the molecule is C[C@@H]1C2=C(CC[C@H]2C(=O)N2CCC(S(=O)(=O)c3ccccc3)CC2)Cc2c1cnn2-c1ccc(F)cc1. The highest BCUT2D eigenvalue weighted by molar-refractivity contribution is 7.92. The number of carbonyl (C=O) groups excluding carboxylic acids is 1. The van der Waals surface area contributed by atoms with Crippen molar-refractivity contribution in [2.24, 2.45) is 5.92 Å². The molecule has 1 fully saturated rings. The molecule has 0 radical (unpaired) electrons. The van der Waals surface area contributed by atoms with Gasteiger partial charge in [-0.3, -0.25) is 4.79 Å². The number of piperidine rings is 1. The lowest BCUT2D eigenvalue weighted by molar-refractivity contribution is -0.135. The van der Waals surface area contributed by atoms with Crippen molar-refractivity contribution in [3.8, 4) is 5.69 Å². The van der Waals surface area contributed by atoms with Gasteiger partial charge in [0, 0.05) is 31.0 Å². The van der Waals surface area contributed by atoms with Gasteiger partial charge in [0.15, 0.2) is 9.84 Å². The van der Waals surface area contributed by atoms with Gasteiger partial charge in [-0.05, 0) is 62.1 Å². The number of benzene rings is 2. The summed E-state index contributed by atoms with van der Waals surface area (Å²) >= 11 is 0. The van der Waals surface area contributed by atoms with E-state index in [4.69, 9.17) is 0 Å². The first-order valence-corrected chi connectivity index (χ1v) is 14.5. The molecule has 6 rings (SSSR count). The van der Waals surface area contributed by atoms with Gasteiger partial charge < -0.3 is 4.90 Å². The average molecular weight is 520 g/mol. The monoisotopic (exact) mass is 519 g/mol. The standard InChI is InChI=1S/C29H30FN3O3S/c1-19-26-18-31-33(22-10-8-21(30)9-11-22)27(26)17-20-7-12-25(28(19)20)29(34)32-15-13-24(14-16-32)37(35,36)23-5-3-2-4-6-23/h2-6,8-11,18-19,24-25H,7,12-17H2,1H3/t19-,25+/m0/s1. The molecule has 1 aromatic heterocycles. The van der Waals surface area contributed by atoms with E-state index in [1.54, 1.807) is 36.4 Å². The Morgan fingerprint density at radius 1 is 1.00 bits per heavy atom. The fraction of sp³-hybridized carbons (Fsp3) is 0.379. The molecule has 6 nitrogen and oxygen atoms in total. The van der Waals surface area contributed by atoms with E-state index in [0.717, 1.165) is 36.2 Å². The quantitative estimate of drug-likeness (QED) is 0.463. The van der Waals surface area contributed by atoms with Crippen LogP contribution >= 0.6 is 0 Å². The van der Waals surface area contributed by atoms with Crippen molar-refractivity contribution in [2.45, 2.75) is 55.1 Å². The third-order valence-electron chi connectivity index (χ3n) is 8.37. The smallest absolute Gasteiger partial charge is 0.229 e. The van der Waals surface area contributed by atoms with E-state index in [-0.39, 0.29) is 23.6 Å². The number of nitrogens with zero attached hydrogens (tertiary/aromatic N) is 3. The Hall–Kier alpha value is -3.26. The summed E-state index contributed by atoms with van der Waals surface area (Å²) in [4.78, 5) is 15.9. The zero-order valence-corrected chi connectivity index (χ0v) is 21.6. The topological polar surface area (TPSA) is 72.3 Å². The summed E-state index contributed by atoms with van der Waals surface area (Å²) in [5.74, 6) is -0.223. The van der Waals surface area contributed by atoms with Gasteiger partial charge in [-0.1, -0.05) is 36.3 Å².